The van der Waals surface area contributed by atoms with E-state index in [1.54, 1.807) is 16.2 Å². The summed E-state index contributed by atoms with van der Waals surface area (Å²) in [6, 6.07) is 8.16. The number of likely N-dealkylation sites (tertiary alicyclic amines) is 1. The number of aryl methyl sites for hydroxylation is 2. The number of hydrogen-bond acceptors (Lipinski definition) is 5. The molecule has 0 unspecified atom stereocenters. The summed E-state index contributed by atoms with van der Waals surface area (Å²) in [6.45, 7) is 6.08. The number of piperidine rings is 1. The van der Waals surface area contributed by atoms with E-state index in [0.717, 1.165) is 22.7 Å². The fourth-order valence-electron chi connectivity index (χ4n) is 3.27. The van der Waals surface area contributed by atoms with Crippen LogP contribution in [0.3, 0.4) is 0 Å². The SMILES string of the molecule is Cc1cccc(CN2CCC[C@@](O)(CNCc3nc(C)cs3)C2=O)c1. The molecule has 2 N–H and O–H groups in total. The lowest BCUT2D eigenvalue weighted by Crippen LogP contribution is -2.57. The van der Waals surface area contributed by atoms with E-state index in [9.17, 15) is 9.90 Å². The van der Waals surface area contributed by atoms with Crippen LogP contribution in [0, 0.1) is 13.8 Å². The molecule has 0 radical (unpaired) electrons. The minimum absolute atomic E-state index is 0.178. The van der Waals surface area contributed by atoms with Gasteiger partial charge in [0.2, 0.25) is 0 Å². The fourth-order valence-corrected chi connectivity index (χ4v) is 4.01. The van der Waals surface area contributed by atoms with Gasteiger partial charge >= 0.3 is 0 Å². The number of aromatic nitrogens is 1. The number of hydrogen-bond donors (Lipinski definition) is 2. The summed E-state index contributed by atoms with van der Waals surface area (Å²) in [5.41, 5.74) is 1.95. The van der Waals surface area contributed by atoms with E-state index in [2.05, 4.69) is 16.4 Å². The number of carbonyl (C=O) groups is 1. The number of rotatable bonds is 6. The standard InChI is InChI=1S/C19H25N3O2S/c1-14-5-3-6-16(9-14)11-22-8-4-7-19(24,18(22)23)13-20-10-17-21-15(2)12-25-17/h3,5-6,9,12,20,24H,4,7-8,10-11,13H2,1-2H3/t19-/m1/s1. The zero-order chi connectivity index (χ0) is 17.9. The van der Waals surface area contributed by atoms with E-state index >= 15 is 0 Å². The summed E-state index contributed by atoms with van der Waals surface area (Å²) in [6.07, 6.45) is 1.31. The van der Waals surface area contributed by atoms with Crippen molar-refractivity contribution >= 4 is 17.2 Å². The summed E-state index contributed by atoms with van der Waals surface area (Å²) >= 11 is 1.59. The van der Waals surface area contributed by atoms with Crippen LogP contribution in [0.2, 0.25) is 0 Å². The average Bonchev–Trinajstić information content (AvgIpc) is 2.98. The highest BCUT2D eigenvalue weighted by atomic mass is 32.1. The maximum Gasteiger partial charge on any atom is 0.256 e. The number of amides is 1. The van der Waals surface area contributed by atoms with Gasteiger partial charge in [-0.05, 0) is 32.3 Å². The second-order valence-corrected chi connectivity index (χ2v) is 7.78. The van der Waals surface area contributed by atoms with Crippen LogP contribution in [0.1, 0.15) is 34.7 Å². The van der Waals surface area contributed by atoms with Crippen LogP contribution in [0.15, 0.2) is 29.6 Å². The Morgan fingerprint density at radius 3 is 2.96 bits per heavy atom. The van der Waals surface area contributed by atoms with Gasteiger partial charge in [0.15, 0.2) is 5.60 Å². The van der Waals surface area contributed by atoms with Gasteiger partial charge in [-0.2, -0.15) is 0 Å². The number of thiazole rings is 1. The van der Waals surface area contributed by atoms with Crippen LogP contribution in [0.4, 0.5) is 0 Å². The Hall–Kier alpha value is -1.76. The lowest BCUT2D eigenvalue weighted by Gasteiger charge is -2.38. The zero-order valence-electron chi connectivity index (χ0n) is 14.8. The van der Waals surface area contributed by atoms with E-state index in [4.69, 9.17) is 0 Å². The minimum atomic E-state index is -1.33. The topological polar surface area (TPSA) is 65.5 Å². The summed E-state index contributed by atoms with van der Waals surface area (Å²) in [5.74, 6) is -0.178. The molecule has 1 atom stereocenters. The van der Waals surface area contributed by atoms with Gasteiger partial charge in [-0.1, -0.05) is 29.8 Å². The first-order valence-electron chi connectivity index (χ1n) is 8.65. The third kappa shape index (κ3) is 4.45. The summed E-state index contributed by atoms with van der Waals surface area (Å²) in [4.78, 5) is 19.0. The minimum Gasteiger partial charge on any atom is -0.379 e. The quantitative estimate of drug-likeness (QED) is 0.831. The maximum atomic E-state index is 12.8. The molecule has 2 heterocycles. The molecule has 1 saturated heterocycles. The highest BCUT2D eigenvalue weighted by Crippen LogP contribution is 2.24. The van der Waals surface area contributed by atoms with E-state index in [1.807, 2.05) is 37.4 Å². The summed E-state index contributed by atoms with van der Waals surface area (Å²) < 4.78 is 0. The molecule has 0 saturated carbocycles. The van der Waals surface area contributed by atoms with Crippen LogP contribution in [-0.2, 0) is 17.9 Å². The van der Waals surface area contributed by atoms with Gasteiger partial charge in [0.25, 0.3) is 5.91 Å². The molecule has 1 amide bonds. The largest absolute Gasteiger partial charge is 0.379 e. The van der Waals surface area contributed by atoms with Gasteiger partial charge in [-0.15, -0.1) is 11.3 Å². The average molecular weight is 359 g/mol. The second-order valence-electron chi connectivity index (χ2n) is 6.84. The van der Waals surface area contributed by atoms with Crippen molar-refractivity contribution in [3.05, 3.63) is 51.5 Å². The van der Waals surface area contributed by atoms with Crippen LogP contribution < -0.4 is 5.32 Å². The molecule has 3 rings (SSSR count). The predicted octanol–water partition coefficient (Wildman–Crippen LogP) is 2.40. The Bertz CT molecular complexity index is 746. The fraction of sp³-hybridized carbons (Fsp3) is 0.474. The Labute approximate surface area is 152 Å². The van der Waals surface area contributed by atoms with Gasteiger partial charge in [0, 0.05) is 37.3 Å². The third-order valence-corrected chi connectivity index (χ3v) is 5.49. The molecule has 1 aromatic heterocycles. The molecular formula is C19H25N3O2S. The molecule has 1 aromatic carbocycles. The van der Waals surface area contributed by atoms with Gasteiger partial charge in [0.1, 0.15) is 5.01 Å². The van der Waals surface area contributed by atoms with Crippen molar-refractivity contribution in [1.29, 1.82) is 0 Å². The first-order valence-corrected chi connectivity index (χ1v) is 9.53. The van der Waals surface area contributed by atoms with E-state index in [1.165, 1.54) is 5.56 Å². The van der Waals surface area contributed by atoms with Crippen molar-refractivity contribution in [2.75, 3.05) is 13.1 Å². The Morgan fingerprint density at radius 2 is 2.24 bits per heavy atom. The van der Waals surface area contributed by atoms with Crippen molar-refractivity contribution in [2.45, 2.75) is 45.4 Å². The van der Waals surface area contributed by atoms with Crippen molar-refractivity contribution in [1.82, 2.24) is 15.2 Å². The van der Waals surface area contributed by atoms with Gasteiger partial charge in [-0.3, -0.25) is 4.79 Å². The molecule has 5 nitrogen and oxygen atoms in total. The predicted molar refractivity (Wildman–Crippen MR) is 99.3 cm³/mol. The van der Waals surface area contributed by atoms with Crippen LogP contribution in [0.5, 0.6) is 0 Å². The van der Waals surface area contributed by atoms with E-state index in [0.29, 0.717) is 26.1 Å². The molecular weight excluding hydrogens is 334 g/mol. The molecule has 0 spiro atoms. The highest BCUT2D eigenvalue weighted by molar-refractivity contribution is 7.09. The molecule has 25 heavy (non-hydrogen) atoms. The van der Waals surface area contributed by atoms with Crippen LogP contribution >= 0.6 is 11.3 Å². The first kappa shape index (κ1) is 18.0. The summed E-state index contributed by atoms with van der Waals surface area (Å²) in [7, 11) is 0. The summed E-state index contributed by atoms with van der Waals surface area (Å²) in [5, 5.41) is 17.0. The van der Waals surface area contributed by atoms with Crippen molar-refractivity contribution in [3.8, 4) is 0 Å². The number of benzene rings is 1. The molecule has 6 heteroatoms. The number of nitrogens with one attached hydrogen (secondary N) is 1. The Kier molecular flexibility index (Phi) is 5.51. The number of nitrogens with zero attached hydrogens (tertiary/aromatic N) is 2. The lowest BCUT2D eigenvalue weighted by molar-refractivity contribution is -0.157. The molecule has 0 bridgehead atoms. The second kappa shape index (κ2) is 7.64. The van der Waals surface area contributed by atoms with Crippen LogP contribution in [-0.4, -0.2) is 39.6 Å². The van der Waals surface area contributed by atoms with Gasteiger partial charge in [-0.25, -0.2) is 4.98 Å². The van der Waals surface area contributed by atoms with Crippen molar-refractivity contribution in [2.24, 2.45) is 0 Å². The molecule has 2 aromatic rings. The van der Waals surface area contributed by atoms with E-state index < -0.39 is 5.60 Å². The first-order chi connectivity index (χ1) is 12.0. The Balaban J connectivity index is 1.59. The molecule has 1 aliphatic rings. The lowest BCUT2D eigenvalue weighted by atomic mass is 9.91. The van der Waals surface area contributed by atoms with Crippen LogP contribution in [0.25, 0.3) is 0 Å². The monoisotopic (exact) mass is 359 g/mol. The molecule has 1 fully saturated rings. The normalized spacial score (nSPS) is 20.9. The maximum absolute atomic E-state index is 12.8. The third-order valence-electron chi connectivity index (χ3n) is 4.52. The highest BCUT2D eigenvalue weighted by Gasteiger charge is 2.41. The van der Waals surface area contributed by atoms with Gasteiger partial charge < -0.3 is 15.3 Å². The molecule has 0 aliphatic carbocycles. The van der Waals surface area contributed by atoms with E-state index in [-0.39, 0.29) is 12.5 Å². The number of carbonyl (C=O) groups excluding carboxylic acids is 1. The van der Waals surface area contributed by atoms with Gasteiger partial charge in [0.05, 0.1) is 0 Å². The smallest absolute Gasteiger partial charge is 0.256 e. The molecule has 1 aliphatic heterocycles. The zero-order valence-corrected chi connectivity index (χ0v) is 15.6. The van der Waals surface area contributed by atoms with Crippen molar-refractivity contribution in [3.63, 3.8) is 0 Å². The number of aliphatic hydroxyl groups is 1. The van der Waals surface area contributed by atoms with Crippen molar-refractivity contribution < 1.29 is 9.90 Å². The molecule has 134 valence electrons. The Morgan fingerprint density at radius 1 is 1.40 bits per heavy atom.